The second-order valence-corrected chi connectivity index (χ2v) is 9.54. The molecule has 0 radical (unpaired) electrons. The number of hydrogen-bond donors (Lipinski definition) is 2. The van der Waals surface area contributed by atoms with Crippen molar-refractivity contribution in [1.29, 1.82) is 0 Å². The maximum atomic E-state index is 12.8. The van der Waals surface area contributed by atoms with Crippen LogP contribution in [0, 0.1) is 24.2 Å². The number of anilines is 1. The molecule has 11 nitrogen and oxygen atoms in total. The highest BCUT2D eigenvalue weighted by Crippen LogP contribution is 2.38. The van der Waals surface area contributed by atoms with E-state index >= 15 is 0 Å². The number of carbonyl (C=O) groups excluding carboxylic acids is 3. The number of H-pyrrole nitrogens is 1. The molecule has 1 saturated heterocycles. The molecule has 0 unspecified atom stereocenters. The average molecular weight is 546 g/mol. The highest BCUT2D eigenvalue weighted by Gasteiger charge is 2.62. The quantitative estimate of drug-likeness (QED) is 0.274. The molecule has 0 bridgehead atoms. The smallest absolute Gasteiger partial charge is 0.346 e. The summed E-state index contributed by atoms with van der Waals surface area (Å²) in [7, 11) is 0. The Morgan fingerprint density at radius 3 is 2.39 bits per heavy atom. The second kappa shape index (κ2) is 12.1. The SMILES string of the molecule is C#C[C@@]1(OC(=O)C(C)C)[C@@H](COC(=O)c2ccc(Cl)cc2)O[C@@H](Nc2cc[nH]c(=O)n2)[C@@H]1OC(=O)C(C)C. The van der Waals surface area contributed by atoms with Crippen molar-refractivity contribution in [3.05, 3.63) is 57.6 Å². The monoisotopic (exact) mass is 545 g/mol. The van der Waals surface area contributed by atoms with Crippen LogP contribution in [0.15, 0.2) is 41.3 Å². The van der Waals surface area contributed by atoms with Crippen LogP contribution in [-0.2, 0) is 28.5 Å². The fourth-order valence-corrected chi connectivity index (χ4v) is 3.60. The number of benzene rings is 1. The Balaban J connectivity index is 1.99. The molecule has 0 aliphatic carbocycles. The number of halogens is 1. The fourth-order valence-electron chi connectivity index (χ4n) is 3.47. The summed E-state index contributed by atoms with van der Waals surface area (Å²) in [5, 5.41) is 3.29. The molecule has 38 heavy (non-hydrogen) atoms. The van der Waals surface area contributed by atoms with E-state index in [1.54, 1.807) is 27.7 Å². The first-order valence-electron chi connectivity index (χ1n) is 11.8. The van der Waals surface area contributed by atoms with E-state index in [0.29, 0.717) is 5.02 Å². The zero-order chi connectivity index (χ0) is 28.0. The predicted molar refractivity (Wildman–Crippen MR) is 136 cm³/mol. The van der Waals surface area contributed by atoms with Gasteiger partial charge in [-0.15, -0.1) is 6.42 Å². The lowest BCUT2D eigenvalue weighted by Gasteiger charge is -2.33. The van der Waals surface area contributed by atoms with Gasteiger partial charge in [0.25, 0.3) is 0 Å². The second-order valence-electron chi connectivity index (χ2n) is 9.10. The molecule has 1 aromatic carbocycles. The minimum atomic E-state index is -1.99. The van der Waals surface area contributed by atoms with E-state index in [2.05, 4.69) is 21.2 Å². The number of carbonyl (C=O) groups is 3. The van der Waals surface area contributed by atoms with Gasteiger partial charge < -0.3 is 29.2 Å². The standard InChI is InChI=1S/C26H28ClN3O8/c1-6-26(38-23(32)15(4)5)18(13-35-24(33)16-7-9-17(27)10-8-16)36-21(20(26)37-22(31)14(2)3)29-19-11-12-28-25(34)30-19/h1,7-12,14-15,18,20-21H,13H2,2-5H3,(H2,28,29,30,34)/t18-,20+,21-,26-/m1/s1. The summed E-state index contributed by atoms with van der Waals surface area (Å²) >= 11 is 5.88. The fraction of sp³-hybridized carbons (Fsp3) is 0.423. The molecule has 1 fully saturated rings. The van der Waals surface area contributed by atoms with Crippen molar-refractivity contribution in [2.24, 2.45) is 11.8 Å². The van der Waals surface area contributed by atoms with Gasteiger partial charge in [0.2, 0.25) is 5.60 Å². The van der Waals surface area contributed by atoms with Gasteiger partial charge in [-0.3, -0.25) is 9.59 Å². The van der Waals surface area contributed by atoms with E-state index in [1.807, 2.05) is 0 Å². The van der Waals surface area contributed by atoms with Gasteiger partial charge >= 0.3 is 23.6 Å². The number of aromatic amines is 1. The number of nitrogens with zero attached hydrogens (tertiary/aromatic N) is 1. The highest BCUT2D eigenvalue weighted by molar-refractivity contribution is 6.30. The first kappa shape index (κ1) is 28.7. The van der Waals surface area contributed by atoms with Gasteiger partial charge in [0, 0.05) is 11.2 Å². The molecule has 1 aliphatic rings. The molecule has 2 aromatic rings. The summed E-state index contributed by atoms with van der Waals surface area (Å²) in [4.78, 5) is 56.0. The Morgan fingerprint density at radius 2 is 1.82 bits per heavy atom. The van der Waals surface area contributed by atoms with E-state index in [0.717, 1.165) is 0 Å². The Morgan fingerprint density at radius 1 is 1.16 bits per heavy atom. The third-order valence-corrected chi connectivity index (χ3v) is 5.83. The van der Waals surface area contributed by atoms with Crippen LogP contribution in [0.1, 0.15) is 38.1 Å². The van der Waals surface area contributed by atoms with Gasteiger partial charge in [0.15, 0.2) is 12.3 Å². The molecule has 4 atom stereocenters. The van der Waals surface area contributed by atoms with Gasteiger partial charge in [0.05, 0.1) is 17.4 Å². The molecule has 2 N–H and O–H groups in total. The highest BCUT2D eigenvalue weighted by atomic mass is 35.5. The van der Waals surface area contributed by atoms with E-state index in [1.165, 1.54) is 36.5 Å². The normalized spacial score (nSPS) is 22.5. The Bertz CT molecular complexity index is 1270. The molecule has 2 heterocycles. The zero-order valence-corrected chi connectivity index (χ0v) is 22.0. The topological polar surface area (TPSA) is 146 Å². The molecule has 1 aliphatic heterocycles. The summed E-state index contributed by atoms with van der Waals surface area (Å²) < 4.78 is 22.9. The molecule has 12 heteroatoms. The maximum Gasteiger partial charge on any atom is 0.346 e. The lowest BCUT2D eigenvalue weighted by atomic mass is 9.92. The van der Waals surface area contributed by atoms with Gasteiger partial charge in [0.1, 0.15) is 18.5 Å². The van der Waals surface area contributed by atoms with Crippen molar-refractivity contribution >= 4 is 35.3 Å². The number of ether oxygens (including phenoxy) is 4. The van der Waals surface area contributed by atoms with Gasteiger partial charge in [-0.2, -0.15) is 4.98 Å². The minimum absolute atomic E-state index is 0.0734. The van der Waals surface area contributed by atoms with Gasteiger partial charge in [-0.1, -0.05) is 45.2 Å². The molecule has 0 spiro atoms. The molecule has 202 valence electrons. The van der Waals surface area contributed by atoms with Crippen molar-refractivity contribution < 1.29 is 33.3 Å². The van der Waals surface area contributed by atoms with Crippen LogP contribution in [0.5, 0.6) is 0 Å². The van der Waals surface area contributed by atoms with Gasteiger partial charge in [-0.25, -0.2) is 9.59 Å². The van der Waals surface area contributed by atoms with E-state index in [4.69, 9.17) is 37.0 Å². The lowest BCUT2D eigenvalue weighted by Crippen LogP contribution is -2.55. The van der Waals surface area contributed by atoms with Crippen molar-refractivity contribution in [2.75, 3.05) is 11.9 Å². The average Bonchev–Trinajstić information content (AvgIpc) is 3.14. The van der Waals surface area contributed by atoms with Crippen molar-refractivity contribution in [2.45, 2.75) is 51.7 Å². The third-order valence-electron chi connectivity index (χ3n) is 5.57. The number of esters is 3. The van der Waals surface area contributed by atoms with Crippen LogP contribution in [0.3, 0.4) is 0 Å². The Kier molecular flexibility index (Phi) is 9.14. The number of nitrogens with one attached hydrogen (secondary N) is 2. The summed E-state index contributed by atoms with van der Waals surface area (Å²) in [6, 6.07) is 7.44. The Labute approximate surface area is 224 Å². The van der Waals surface area contributed by atoms with Crippen LogP contribution >= 0.6 is 11.6 Å². The first-order valence-corrected chi connectivity index (χ1v) is 12.2. The largest absolute Gasteiger partial charge is 0.459 e. The summed E-state index contributed by atoms with van der Waals surface area (Å²) in [5.41, 5.74) is -2.43. The predicted octanol–water partition coefficient (Wildman–Crippen LogP) is 2.56. The van der Waals surface area contributed by atoms with Crippen molar-refractivity contribution in [3.63, 3.8) is 0 Å². The van der Waals surface area contributed by atoms with Crippen LogP contribution in [0.25, 0.3) is 0 Å². The van der Waals surface area contributed by atoms with Crippen molar-refractivity contribution in [1.82, 2.24) is 9.97 Å². The minimum Gasteiger partial charge on any atom is -0.459 e. The molecule has 0 saturated carbocycles. The number of terminal acetylenes is 1. The van der Waals surface area contributed by atoms with Gasteiger partial charge in [-0.05, 0) is 30.3 Å². The van der Waals surface area contributed by atoms with E-state index in [9.17, 15) is 19.2 Å². The van der Waals surface area contributed by atoms with Crippen LogP contribution in [0.2, 0.25) is 5.02 Å². The van der Waals surface area contributed by atoms with Crippen molar-refractivity contribution in [3.8, 4) is 12.3 Å². The van der Waals surface area contributed by atoms with E-state index < -0.39 is 66.1 Å². The molecule has 3 rings (SSSR count). The number of rotatable bonds is 9. The molecule has 0 amide bonds. The Hall–Kier alpha value is -3.88. The molecular formula is C26H28ClN3O8. The van der Waals surface area contributed by atoms with Crippen LogP contribution < -0.4 is 11.0 Å². The zero-order valence-electron chi connectivity index (χ0n) is 21.2. The van der Waals surface area contributed by atoms with Crippen LogP contribution in [-0.4, -0.2) is 58.5 Å². The molecule has 1 aromatic heterocycles. The summed E-state index contributed by atoms with van der Waals surface area (Å²) in [6.07, 6.45) is 3.36. The first-order chi connectivity index (χ1) is 18.0. The maximum absolute atomic E-state index is 12.8. The lowest BCUT2D eigenvalue weighted by molar-refractivity contribution is -0.181. The summed E-state index contributed by atoms with van der Waals surface area (Å²) in [6.45, 7) is 5.96. The van der Waals surface area contributed by atoms with E-state index in [-0.39, 0.29) is 11.4 Å². The third kappa shape index (κ3) is 6.51. The van der Waals surface area contributed by atoms with Crippen LogP contribution in [0.4, 0.5) is 5.82 Å². The summed E-state index contributed by atoms with van der Waals surface area (Å²) in [5.74, 6) is -0.720. The number of aromatic nitrogens is 2. The molecular weight excluding hydrogens is 518 g/mol. The number of hydrogen-bond acceptors (Lipinski definition) is 10.